The van der Waals surface area contributed by atoms with Crippen LogP contribution in [0.1, 0.15) is 6.92 Å². The molecular formula is C16H17ClN6OS. The molecule has 1 N–H and O–H groups in total. The number of rotatable bonds is 6. The molecule has 0 aliphatic carbocycles. The van der Waals surface area contributed by atoms with Gasteiger partial charge in [-0.2, -0.15) is 0 Å². The zero-order valence-electron chi connectivity index (χ0n) is 13.8. The zero-order valence-corrected chi connectivity index (χ0v) is 15.4. The third-order valence-corrected chi connectivity index (χ3v) is 4.61. The van der Waals surface area contributed by atoms with Gasteiger partial charge in [0.25, 0.3) is 0 Å². The van der Waals surface area contributed by atoms with Crippen LogP contribution in [0.3, 0.4) is 0 Å². The molecule has 0 fully saturated rings. The number of nitrogens with one attached hydrogen (secondary N) is 1. The van der Waals surface area contributed by atoms with Gasteiger partial charge in [0.15, 0.2) is 11.0 Å². The number of halogens is 1. The first kappa shape index (κ1) is 17.5. The van der Waals surface area contributed by atoms with Gasteiger partial charge in [-0.3, -0.25) is 4.79 Å². The van der Waals surface area contributed by atoms with Crippen LogP contribution < -0.4 is 5.32 Å². The van der Waals surface area contributed by atoms with Crippen LogP contribution in [0.25, 0.3) is 11.5 Å². The quantitative estimate of drug-likeness (QED) is 0.669. The molecule has 7 nitrogen and oxygen atoms in total. The van der Waals surface area contributed by atoms with Crippen molar-refractivity contribution in [2.75, 3.05) is 11.1 Å². The van der Waals surface area contributed by atoms with Gasteiger partial charge in [-0.15, -0.1) is 10.2 Å². The normalized spacial score (nSPS) is 10.8. The number of benzene rings is 1. The molecule has 0 aliphatic rings. The number of amides is 1. The molecule has 3 rings (SSSR count). The molecule has 1 aromatic carbocycles. The minimum atomic E-state index is -0.127. The van der Waals surface area contributed by atoms with Gasteiger partial charge < -0.3 is 14.5 Å². The van der Waals surface area contributed by atoms with Crippen LogP contribution in [0.2, 0.25) is 5.02 Å². The van der Waals surface area contributed by atoms with Gasteiger partial charge >= 0.3 is 0 Å². The van der Waals surface area contributed by atoms with E-state index in [-0.39, 0.29) is 11.7 Å². The number of imidazole rings is 1. The monoisotopic (exact) mass is 376 g/mol. The van der Waals surface area contributed by atoms with Crippen LogP contribution in [-0.4, -0.2) is 36.0 Å². The van der Waals surface area contributed by atoms with Crippen molar-refractivity contribution in [1.82, 2.24) is 24.3 Å². The Hall–Kier alpha value is -2.32. The molecule has 0 saturated heterocycles. The number of carbonyl (C=O) groups excluding carboxylic acids is 1. The van der Waals surface area contributed by atoms with Gasteiger partial charge in [0.05, 0.1) is 12.1 Å². The molecule has 0 bridgehead atoms. The topological polar surface area (TPSA) is 77.6 Å². The average Bonchev–Trinajstić information content (AvgIpc) is 3.18. The summed E-state index contributed by atoms with van der Waals surface area (Å²) in [4.78, 5) is 16.4. The maximum Gasteiger partial charge on any atom is 0.234 e. The second kappa shape index (κ2) is 7.71. The second-order valence-electron chi connectivity index (χ2n) is 5.32. The van der Waals surface area contributed by atoms with E-state index in [2.05, 4.69) is 20.5 Å². The fraction of sp³-hybridized carbons (Fsp3) is 0.250. The highest BCUT2D eigenvalue weighted by molar-refractivity contribution is 7.99. The van der Waals surface area contributed by atoms with Crippen molar-refractivity contribution in [1.29, 1.82) is 0 Å². The number of carbonyl (C=O) groups is 1. The first-order valence-electron chi connectivity index (χ1n) is 7.66. The third-order valence-electron chi connectivity index (χ3n) is 3.41. The van der Waals surface area contributed by atoms with Gasteiger partial charge in [0, 0.05) is 30.5 Å². The van der Waals surface area contributed by atoms with E-state index in [9.17, 15) is 4.79 Å². The fourth-order valence-electron chi connectivity index (χ4n) is 2.29. The highest BCUT2D eigenvalue weighted by atomic mass is 35.5. The SMILES string of the molecule is CCn1c(SCC(=O)Nc2cccc(Cl)c2)nnc1-c1cn(C)cn1. The standard InChI is InChI=1S/C16H17ClN6OS/c1-3-23-15(13-8-22(2)10-18-13)20-21-16(23)25-9-14(24)19-12-6-4-5-11(17)7-12/h4-8,10H,3,9H2,1-2H3,(H,19,24). The minimum Gasteiger partial charge on any atom is -0.340 e. The van der Waals surface area contributed by atoms with Crippen molar-refractivity contribution in [2.24, 2.45) is 7.05 Å². The van der Waals surface area contributed by atoms with E-state index in [1.807, 2.05) is 29.3 Å². The van der Waals surface area contributed by atoms with Crippen molar-refractivity contribution in [3.63, 3.8) is 0 Å². The molecule has 2 heterocycles. The second-order valence-corrected chi connectivity index (χ2v) is 6.70. The van der Waals surface area contributed by atoms with E-state index in [1.165, 1.54) is 11.8 Å². The number of hydrogen-bond donors (Lipinski definition) is 1. The Morgan fingerprint density at radius 2 is 2.20 bits per heavy atom. The van der Waals surface area contributed by atoms with Crippen LogP contribution in [0.15, 0.2) is 41.9 Å². The van der Waals surface area contributed by atoms with Gasteiger partial charge in [-0.1, -0.05) is 29.4 Å². The summed E-state index contributed by atoms with van der Waals surface area (Å²) >= 11 is 7.25. The molecule has 0 aliphatic heterocycles. The lowest BCUT2D eigenvalue weighted by Crippen LogP contribution is -2.14. The first-order valence-corrected chi connectivity index (χ1v) is 9.03. The zero-order chi connectivity index (χ0) is 17.8. The summed E-state index contributed by atoms with van der Waals surface area (Å²) in [6.07, 6.45) is 3.60. The lowest BCUT2D eigenvalue weighted by atomic mass is 10.3. The van der Waals surface area contributed by atoms with E-state index >= 15 is 0 Å². The third kappa shape index (κ3) is 4.21. The molecule has 2 aromatic heterocycles. The van der Waals surface area contributed by atoms with E-state index in [1.54, 1.807) is 30.6 Å². The van der Waals surface area contributed by atoms with E-state index in [4.69, 9.17) is 11.6 Å². The molecule has 9 heteroatoms. The average molecular weight is 377 g/mol. The summed E-state index contributed by atoms with van der Waals surface area (Å²) in [5.41, 5.74) is 1.43. The van der Waals surface area contributed by atoms with Crippen LogP contribution in [0.5, 0.6) is 0 Å². The summed E-state index contributed by atoms with van der Waals surface area (Å²) in [6.45, 7) is 2.70. The first-order chi connectivity index (χ1) is 12.1. The smallest absolute Gasteiger partial charge is 0.234 e. The Kier molecular flexibility index (Phi) is 5.40. The van der Waals surface area contributed by atoms with Gasteiger partial charge in [0.1, 0.15) is 5.69 Å². The van der Waals surface area contributed by atoms with Crippen molar-refractivity contribution in [2.45, 2.75) is 18.6 Å². The van der Waals surface area contributed by atoms with E-state index in [0.717, 1.165) is 5.69 Å². The summed E-state index contributed by atoms with van der Waals surface area (Å²) in [7, 11) is 1.90. The highest BCUT2D eigenvalue weighted by Gasteiger charge is 2.16. The number of anilines is 1. The van der Waals surface area contributed by atoms with Crippen molar-refractivity contribution < 1.29 is 4.79 Å². The van der Waals surface area contributed by atoms with Gasteiger partial charge in [-0.25, -0.2) is 4.98 Å². The minimum absolute atomic E-state index is 0.127. The number of hydrogen-bond acceptors (Lipinski definition) is 5. The molecule has 0 radical (unpaired) electrons. The Balaban J connectivity index is 1.67. The maximum absolute atomic E-state index is 12.1. The van der Waals surface area contributed by atoms with E-state index < -0.39 is 0 Å². The number of aryl methyl sites for hydroxylation is 1. The molecule has 0 atom stereocenters. The Morgan fingerprint density at radius 3 is 2.88 bits per heavy atom. The van der Waals surface area contributed by atoms with Crippen molar-refractivity contribution in [3.05, 3.63) is 41.8 Å². The summed E-state index contributed by atoms with van der Waals surface area (Å²) in [5, 5.41) is 12.5. The summed E-state index contributed by atoms with van der Waals surface area (Å²) in [6, 6.07) is 7.05. The molecule has 0 unspecified atom stereocenters. The lowest BCUT2D eigenvalue weighted by Gasteiger charge is -2.07. The number of aromatic nitrogens is 5. The molecular weight excluding hydrogens is 360 g/mol. The van der Waals surface area contributed by atoms with Gasteiger partial charge in [-0.05, 0) is 25.1 Å². The van der Waals surface area contributed by atoms with Crippen molar-refractivity contribution in [3.8, 4) is 11.5 Å². The van der Waals surface area contributed by atoms with Crippen LogP contribution in [-0.2, 0) is 18.4 Å². The predicted octanol–water partition coefficient (Wildman–Crippen LogP) is 3.08. The molecule has 0 saturated carbocycles. The Morgan fingerprint density at radius 1 is 1.36 bits per heavy atom. The highest BCUT2D eigenvalue weighted by Crippen LogP contribution is 2.23. The van der Waals surface area contributed by atoms with E-state index in [0.29, 0.717) is 28.2 Å². The summed E-state index contributed by atoms with van der Waals surface area (Å²) < 4.78 is 3.80. The molecule has 3 aromatic rings. The van der Waals surface area contributed by atoms with Gasteiger partial charge in [0.2, 0.25) is 5.91 Å². The number of nitrogens with zero attached hydrogens (tertiary/aromatic N) is 5. The maximum atomic E-state index is 12.1. The van der Waals surface area contributed by atoms with Crippen LogP contribution >= 0.6 is 23.4 Å². The molecule has 0 spiro atoms. The fourth-order valence-corrected chi connectivity index (χ4v) is 3.28. The Labute approximate surface area is 154 Å². The lowest BCUT2D eigenvalue weighted by molar-refractivity contribution is -0.113. The molecule has 1 amide bonds. The predicted molar refractivity (Wildman–Crippen MR) is 98.7 cm³/mol. The van der Waals surface area contributed by atoms with Crippen LogP contribution in [0.4, 0.5) is 5.69 Å². The van der Waals surface area contributed by atoms with Crippen LogP contribution in [0, 0.1) is 0 Å². The number of thioether (sulfide) groups is 1. The molecule has 130 valence electrons. The Bertz CT molecular complexity index is 890. The largest absolute Gasteiger partial charge is 0.340 e. The molecule has 25 heavy (non-hydrogen) atoms. The van der Waals surface area contributed by atoms with Crippen molar-refractivity contribution >= 4 is 35.0 Å². The summed E-state index contributed by atoms with van der Waals surface area (Å²) in [5.74, 6) is 0.797.